The molecule has 0 amide bonds. The summed E-state index contributed by atoms with van der Waals surface area (Å²) in [5, 5.41) is 8.18. The van der Waals surface area contributed by atoms with Crippen molar-refractivity contribution in [2.45, 2.75) is 31.2 Å². The van der Waals surface area contributed by atoms with Crippen LogP contribution in [-0.2, 0) is 0 Å². The first-order valence-corrected chi connectivity index (χ1v) is 7.27. The van der Waals surface area contributed by atoms with Gasteiger partial charge in [-0.1, -0.05) is 34.8 Å². The zero-order chi connectivity index (χ0) is 14.1. The minimum absolute atomic E-state index is 0.257. The summed E-state index contributed by atoms with van der Waals surface area (Å²) in [6.07, 6.45) is 4.85. The quantitative estimate of drug-likeness (QED) is 0.942. The van der Waals surface area contributed by atoms with Gasteiger partial charge in [0.2, 0.25) is 11.7 Å². The predicted octanol–water partition coefficient (Wildman–Crippen LogP) is 3.29. The van der Waals surface area contributed by atoms with E-state index in [4.69, 9.17) is 27.7 Å². The number of likely N-dealkylation sites (N-methyl/N-ethyl adjacent to an activating group) is 1. The predicted molar refractivity (Wildman–Crippen MR) is 77.0 cm³/mol. The summed E-state index contributed by atoms with van der Waals surface area (Å²) in [5.41, 5.74) is 0.491. The van der Waals surface area contributed by atoms with Crippen molar-refractivity contribution in [3.63, 3.8) is 0 Å². The van der Waals surface area contributed by atoms with Crippen molar-refractivity contribution in [3.8, 4) is 11.5 Å². The van der Waals surface area contributed by atoms with Crippen molar-refractivity contribution in [2.75, 3.05) is 7.05 Å². The lowest BCUT2D eigenvalue weighted by atomic mass is 10.0. The molecule has 0 saturated heterocycles. The first kappa shape index (κ1) is 13.8. The molecular formula is C13H14Cl2N4O. The summed E-state index contributed by atoms with van der Waals surface area (Å²) in [6.45, 7) is 0. The third kappa shape index (κ3) is 2.53. The van der Waals surface area contributed by atoms with Gasteiger partial charge in [0.25, 0.3) is 0 Å². The molecule has 7 heteroatoms. The maximum absolute atomic E-state index is 6.11. The number of rotatable bonds is 3. The van der Waals surface area contributed by atoms with E-state index in [2.05, 4.69) is 20.4 Å². The highest BCUT2D eigenvalue weighted by Gasteiger charge is 2.32. The van der Waals surface area contributed by atoms with Crippen LogP contribution in [0.2, 0.25) is 10.0 Å². The van der Waals surface area contributed by atoms with Crippen molar-refractivity contribution in [3.05, 3.63) is 28.2 Å². The van der Waals surface area contributed by atoms with Crippen molar-refractivity contribution < 1.29 is 4.52 Å². The summed E-state index contributed by atoms with van der Waals surface area (Å²) in [5.74, 6) is 1.31. The van der Waals surface area contributed by atoms with Crippen LogP contribution in [0.3, 0.4) is 0 Å². The monoisotopic (exact) mass is 312 g/mol. The fraction of sp³-hybridized carbons (Fsp3) is 0.462. The van der Waals surface area contributed by atoms with E-state index in [1.54, 1.807) is 6.07 Å². The van der Waals surface area contributed by atoms with Gasteiger partial charge in [0.05, 0.1) is 16.0 Å². The van der Waals surface area contributed by atoms with Crippen molar-refractivity contribution in [1.29, 1.82) is 0 Å². The summed E-state index contributed by atoms with van der Waals surface area (Å²) < 4.78 is 5.39. The minimum atomic E-state index is 0.257. The van der Waals surface area contributed by atoms with Crippen LogP contribution in [0.15, 0.2) is 16.8 Å². The second kappa shape index (κ2) is 5.68. The number of nitrogens with one attached hydrogen (secondary N) is 1. The highest BCUT2D eigenvalue weighted by atomic mass is 35.5. The van der Waals surface area contributed by atoms with Gasteiger partial charge in [-0.3, -0.25) is 0 Å². The molecule has 2 aromatic heterocycles. The van der Waals surface area contributed by atoms with E-state index < -0.39 is 0 Å². The standard InChI is InChI=1S/C13H14Cl2N4O/c1-16-10-4-2-3-8(10)13-18-12(19-20-13)11-9(15)5-7(14)6-17-11/h5-6,8,10,16H,2-4H2,1H3. The van der Waals surface area contributed by atoms with Crippen molar-refractivity contribution >= 4 is 23.2 Å². The van der Waals surface area contributed by atoms with Crippen LogP contribution in [0.5, 0.6) is 0 Å². The largest absolute Gasteiger partial charge is 0.339 e. The molecule has 1 saturated carbocycles. The number of hydrogen-bond acceptors (Lipinski definition) is 5. The van der Waals surface area contributed by atoms with Crippen LogP contribution < -0.4 is 5.32 Å². The average molecular weight is 313 g/mol. The summed E-state index contributed by atoms with van der Waals surface area (Å²) >= 11 is 11.9. The molecule has 2 unspecified atom stereocenters. The molecule has 2 aromatic rings. The summed E-state index contributed by atoms with van der Waals surface area (Å²) in [4.78, 5) is 8.61. The van der Waals surface area contributed by atoms with Gasteiger partial charge in [-0.2, -0.15) is 4.98 Å². The van der Waals surface area contributed by atoms with Crippen LogP contribution in [0.25, 0.3) is 11.5 Å². The number of halogens is 2. The molecule has 1 fully saturated rings. The first-order chi connectivity index (χ1) is 9.69. The van der Waals surface area contributed by atoms with Crippen LogP contribution >= 0.6 is 23.2 Å². The van der Waals surface area contributed by atoms with Gasteiger partial charge in [-0.25, -0.2) is 4.98 Å². The van der Waals surface area contributed by atoms with Gasteiger partial charge >= 0.3 is 0 Å². The normalized spacial score (nSPS) is 22.4. The molecule has 0 aliphatic heterocycles. The number of pyridine rings is 1. The summed E-state index contributed by atoms with van der Waals surface area (Å²) in [7, 11) is 1.96. The maximum atomic E-state index is 6.11. The Labute approximate surface area is 126 Å². The lowest BCUT2D eigenvalue weighted by Gasteiger charge is -2.14. The van der Waals surface area contributed by atoms with Crippen molar-refractivity contribution in [2.24, 2.45) is 0 Å². The third-order valence-electron chi connectivity index (χ3n) is 3.67. The molecule has 20 heavy (non-hydrogen) atoms. The third-order valence-corrected chi connectivity index (χ3v) is 4.16. The Morgan fingerprint density at radius 3 is 2.95 bits per heavy atom. The smallest absolute Gasteiger partial charge is 0.231 e. The Bertz CT molecular complexity index is 616. The Kier molecular flexibility index (Phi) is 3.92. The molecule has 1 N–H and O–H groups in total. The molecule has 0 aromatic carbocycles. The Hall–Kier alpha value is -1.17. The fourth-order valence-electron chi connectivity index (χ4n) is 2.66. The maximum Gasteiger partial charge on any atom is 0.231 e. The van der Waals surface area contributed by atoms with Crippen molar-refractivity contribution in [1.82, 2.24) is 20.4 Å². The molecule has 2 atom stereocenters. The SMILES string of the molecule is CNC1CCCC1c1nc(-c2ncc(Cl)cc2Cl)no1. The summed E-state index contributed by atoms with van der Waals surface area (Å²) in [6, 6.07) is 2.00. The van der Waals surface area contributed by atoms with E-state index in [0.29, 0.717) is 33.5 Å². The molecule has 0 radical (unpaired) electrons. The van der Waals surface area contributed by atoms with E-state index in [9.17, 15) is 0 Å². The van der Waals surface area contributed by atoms with Gasteiger partial charge in [-0.05, 0) is 26.0 Å². The molecule has 0 spiro atoms. The lowest BCUT2D eigenvalue weighted by molar-refractivity contribution is 0.335. The topological polar surface area (TPSA) is 63.8 Å². The molecule has 106 valence electrons. The highest BCUT2D eigenvalue weighted by Crippen LogP contribution is 2.35. The number of hydrogen-bond donors (Lipinski definition) is 1. The van der Waals surface area contributed by atoms with Crippen LogP contribution in [-0.4, -0.2) is 28.2 Å². The van der Waals surface area contributed by atoms with Gasteiger partial charge < -0.3 is 9.84 Å². The average Bonchev–Trinajstić information content (AvgIpc) is 3.06. The molecule has 0 bridgehead atoms. The number of aromatic nitrogens is 3. The van der Waals surface area contributed by atoms with E-state index in [1.165, 1.54) is 6.20 Å². The molecule has 3 rings (SSSR count). The van der Waals surface area contributed by atoms with E-state index >= 15 is 0 Å². The Morgan fingerprint density at radius 2 is 2.20 bits per heavy atom. The van der Waals surface area contributed by atoms with E-state index in [-0.39, 0.29) is 5.92 Å². The zero-order valence-corrected chi connectivity index (χ0v) is 12.4. The second-order valence-corrected chi connectivity index (χ2v) is 5.72. The lowest BCUT2D eigenvalue weighted by Crippen LogP contribution is -2.27. The Morgan fingerprint density at radius 1 is 1.35 bits per heavy atom. The molecular weight excluding hydrogens is 299 g/mol. The molecule has 2 heterocycles. The molecule has 1 aliphatic carbocycles. The van der Waals surface area contributed by atoms with Crippen LogP contribution in [0.4, 0.5) is 0 Å². The van der Waals surface area contributed by atoms with Gasteiger partial charge in [0, 0.05) is 12.2 Å². The highest BCUT2D eigenvalue weighted by molar-refractivity contribution is 6.35. The number of nitrogens with zero attached hydrogens (tertiary/aromatic N) is 3. The second-order valence-electron chi connectivity index (χ2n) is 4.87. The van der Waals surface area contributed by atoms with E-state index in [1.807, 2.05) is 7.05 Å². The molecule has 5 nitrogen and oxygen atoms in total. The van der Waals surface area contributed by atoms with Gasteiger partial charge in [0.15, 0.2) is 0 Å². The Balaban J connectivity index is 1.90. The van der Waals surface area contributed by atoms with Crippen LogP contribution in [0, 0.1) is 0 Å². The first-order valence-electron chi connectivity index (χ1n) is 6.51. The van der Waals surface area contributed by atoms with Crippen LogP contribution in [0.1, 0.15) is 31.1 Å². The van der Waals surface area contributed by atoms with E-state index in [0.717, 1.165) is 19.3 Å². The minimum Gasteiger partial charge on any atom is -0.339 e. The van der Waals surface area contributed by atoms with Gasteiger partial charge in [-0.15, -0.1) is 0 Å². The molecule has 1 aliphatic rings. The van der Waals surface area contributed by atoms with Gasteiger partial charge in [0.1, 0.15) is 5.69 Å². The fourth-order valence-corrected chi connectivity index (χ4v) is 3.13. The zero-order valence-electron chi connectivity index (χ0n) is 10.9.